The molecular formula is C25H30F2N4O3S. The molecule has 1 unspecified atom stereocenters. The molecule has 0 N–H and O–H groups in total. The van der Waals surface area contributed by atoms with Crippen molar-refractivity contribution in [2.45, 2.75) is 25.7 Å². The Kier molecular flexibility index (Phi) is 9.22. The van der Waals surface area contributed by atoms with Crippen LogP contribution in [0.1, 0.15) is 28.8 Å². The molecule has 188 valence electrons. The number of hydrogen-bond acceptors (Lipinski definition) is 5. The highest BCUT2D eigenvalue weighted by molar-refractivity contribution is 7.85. The molecule has 0 bridgehead atoms. The maximum absolute atomic E-state index is 12.4. The van der Waals surface area contributed by atoms with Crippen molar-refractivity contribution in [3.63, 3.8) is 0 Å². The van der Waals surface area contributed by atoms with Gasteiger partial charge in [0.05, 0.1) is 5.88 Å². The van der Waals surface area contributed by atoms with E-state index in [0.717, 1.165) is 29.4 Å². The molecule has 5 rings (SSSR count). The number of rotatable bonds is 3. The highest BCUT2D eigenvalue weighted by Gasteiger charge is 2.32. The molecule has 4 heterocycles. The fourth-order valence-electron chi connectivity index (χ4n) is 3.65. The molecule has 7 nitrogen and oxygen atoms in total. The van der Waals surface area contributed by atoms with Crippen LogP contribution in [0.25, 0.3) is 16.7 Å². The number of fused-ring (bicyclic) bond motifs is 1. The Morgan fingerprint density at radius 2 is 1.83 bits per heavy atom. The SMILES string of the molecule is CN1CCC(F)(F)CC1.Cc1cccc(-n2ccc3cc(C=O)cnc32)c1.O=CN1CCS(=O)C1. The van der Waals surface area contributed by atoms with Gasteiger partial charge in [0.2, 0.25) is 6.41 Å². The fraction of sp³-hybridized carbons (Fsp3) is 0.400. The molecule has 0 spiro atoms. The highest BCUT2D eigenvalue weighted by atomic mass is 32.2. The van der Waals surface area contributed by atoms with Gasteiger partial charge >= 0.3 is 0 Å². The molecule has 2 aliphatic heterocycles. The van der Waals surface area contributed by atoms with Crippen LogP contribution >= 0.6 is 0 Å². The van der Waals surface area contributed by atoms with Crippen molar-refractivity contribution < 1.29 is 22.6 Å². The van der Waals surface area contributed by atoms with E-state index in [4.69, 9.17) is 0 Å². The zero-order chi connectivity index (χ0) is 25.4. The van der Waals surface area contributed by atoms with E-state index < -0.39 is 16.7 Å². The lowest BCUT2D eigenvalue weighted by molar-refractivity contribution is -0.116. The van der Waals surface area contributed by atoms with Crippen LogP contribution in [0, 0.1) is 6.92 Å². The van der Waals surface area contributed by atoms with Crippen molar-refractivity contribution in [3.05, 3.63) is 59.9 Å². The van der Waals surface area contributed by atoms with Crippen molar-refractivity contribution in [3.8, 4) is 5.69 Å². The molecule has 10 heteroatoms. The first-order chi connectivity index (χ1) is 16.7. The topological polar surface area (TPSA) is 75.5 Å². The van der Waals surface area contributed by atoms with Gasteiger partial charge in [-0.25, -0.2) is 13.8 Å². The average molecular weight is 505 g/mol. The average Bonchev–Trinajstić information content (AvgIpc) is 3.47. The minimum absolute atomic E-state index is 0.0312. The van der Waals surface area contributed by atoms with E-state index >= 15 is 0 Å². The second-order valence-corrected chi connectivity index (χ2v) is 10.2. The maximum atomic E-state index is 12.4. The van der Waals surface area contributed by atoms with Crippen LogP contribution in [0.2, 0.25) is 0 Å². The number of amides is 1. The van der Waals surface area contributed by atoms with Crippen molar-refractivity contribution in [2.24, 2.45) is 0 Å². The smallest absolute Gasteiger partial charge is 0.250 e. The van der Waals surface area contributed by atoms with Crippen molar-refractivity contribution in [2.75, 3.05) is 38.3 Å². The van der Waals surface area contributed by atoms with Crippen LogP contribution in [-0.2, 0) is 15.6 Å². The highest BCUT2D eigenvalue weighted by Crippen LogP contribution is 2.26. The summed E-state index contributed by atoms with van der Waals surface area (Å²) in [6, 6.07) is 12.1. The number of piperidine rings is 1. The maximum Gasteiger partial charge on any atom is 0.250 e. The monoisotopic (exact) mass is 504 g/mol. The number of halogens is 2. The Morgan fingerprint density at radius 1 is 1.09 bits per heavy atom. The molecule has 2 fully saturated rings. The van der Waals surface area contributed by atoms with Gasteiger partial charge in [-0.1, -0.05) is 12.1 Å². The van der Waals surface area contributed by atoms with Crippen LogP contribution in [0.4, 0.5) is 8.78 Å². The number of benzene rings is 1. The van der Waals surface area contributed by atoms with Crippen LogP contribution in [0.15, 0.2) is 48.8 Å². The summed E-state index contributed by atoms with van der Waals surface area (Å²) in [5.74, 6) is -1.30. The molecule has 2 saturated heterocycles. The minimum atomic E-state index is -2.38. The largest absolute Gasteiger partial charge is 0.332 e. The molecule has 1 aromatic carbocycles. The molecular weight excluding hydrogens is 474 g/mol. The summed E-state index contributed by atoms with van der Waals surface area (Å²) in [7, 11) is 1.11. The van der Waals surface area contributed by atoms with Gasteiger partial charge in [0.25, 0.3) is 5.92 Å². The summed E-state index contributed by atoms with van der Waals surface area (Å²) in [5.41, 5.74) is 3.76. The van der Waals surface area contributed by atoms with Gasteiger partial charge in [0, 0.05) is 78.1 Å². The first-order valence-electron chi connectivity index (χ1n) is 11.3. The number of aryl methyl sites for hydroxylation is 1. The van der Waals surface area contributed by atoms with Gasteiger partial charge in [-0.3, -0.25) is 13.8 Å². The van der Waals surface area contributed by atoms with Crippen LogP contribution in [0.3, 0.4) is 0 Å². The summed E-state index contributed by atoms with van der Waals surface area (Å²) >= 11 is 0. The number of hydrogen-bond donors (Lipinski definition) is 0. The minimum Gasteiger partial charge on any atom is -0.332 e. The van der Waals surface area contributed by atoms with Crippen LogP contribution in [-0.4, -0.2) is 80.5 Å². The number of aromatic nitrogens is 2. The molecule has 3 aromatic rings. The van der Waals surface area contributed by atoms with Crippen molar-refractivity contribution >= 4 is 34.5 Å². The summed E-state index contributed by atoms with van der Waals surface area (Å²) < 4.78 is 37.2. The molecule has 2 aromatic heterocycles. The van der Waals surface area contributed by atoms with E-state index in [1.54, 1.807) is 6.20 Å². The summed E-state index contributed by atoms with van der Waals surface area (Å²) in [6.45, 7) is 3.79. The van der Waals surface area contributed by atoms with Gasteiger partial charge in [-0.15, -0.1) is 0 Å². The van der Waals surface area contributed by atoms with E-state index in [2.05, 4.69) is 24.0 Å². The van der Waals surface area contributed by atoms with Crippen molar-refractivity contribution in [1.29, 1.82) is 0 Å². The Hall–Kier alpha value is -2.98. The van der Waals surface area contributed by atoms with Crippen molar-refractivity contribution in [1.82, 2.24) is 19.4 Å². The Balaban J connectivity index is 0.000000168. The van der Waals surface area contributed by atoms with Gasteiger partial charge in [-0.2, -0.15) is 0 Å². The predicted molar refractivity (Wildman–Crippen MR) is 134 cm³/mol. The first-order valence-corrected chi connectivity index (χ1v) is 12.8. The zero-order valence-electron chi connectivity index (χ0n) is 19.9. The third-order valence-electron chi connectivity index (χ3n) is 5.75. The number of aldehydes is 1. The van der Waals surface area contributed by atoms with Crippen LogP contribution < -0.4 is 0 Å². The summed E-state index contributed by atoms with van der Waals surface area (Å²) in [6.07, 6.45) is 5.19. The first kappa shape index (κ1) is 26.6. The standard InChI is InChI=1S/C15H12N2O.C6H11F2N.C4H7NO2S/c1-11-3-2-4-14(7-11)17-6-5-13-8-12(10-18)9-16-15(13)17;1-9-4-2-6(7,8)3-5-9;6-3-5-1-2-8(7)4-5/h2-10H,1H3;2-5H2,1H3;3H,1-2,4H2. The molecule has 35 heavy (non-hydrogen) atoms. The third-order valence-corrected chi connectivity index (χ3v) is 7.00. The van der Waals surface area contributed by atoms with Gasteiger partial charge in [-0.05, 0) is 43.8 Å². The Morgan fingerprint density at radius 3 is 2.37 bits per heavy atom. The second kappa shape index (κ2) is 12.1. The lowest BCUT2D eigenvalue weighted by atomic mass is 10.1. The van der Waals surface area contributed by atoms with E-state index in [1.807, 2.05) is 47.0 Å². The number of alkyl halides is 2. The number of nitrogens with zero attached hydrogens (tertiary/aromatic N) is 4. The van der Waals surface area contributed by atoms with Gasteiger partial charge in [0.15, 0.2) is 6.29 Å². The van der Waals surface area contributed by atoms with E-state index in [9.17, 15) is 22.6 Å². The molecule has 1 atom stereocenters. The molecule has 0 radical (unpaired) electrons. The van der Waals surface area contributed by atoms with Crippen LogP contribution in [0.5, 0.6) is 0 Å². The molecule has 0 saturated carbocycles. The fourth-order valence-corrected chi connectivity index (χ4v) is 4.78. The van der Waals surface area contributed by atoms with E-state index in [0.29, 0.717) is 36.8 Å². The quantitative estimate of drug-likeness (QED) is 0.509. The zero-order valence-corrected chi connectivity index (χ0v) is 20.7. The lowest BCUT2D eigenvalue weighted by Crippen LogP contribution is -2.36. The van der Waals surface area contributed by atoms with E-state index in [-0.39, 0.29) is 12.8 Å². The second-order valence-electron chi connectivity index (χ2n) is 8.67. The molecule has 2 aliphatic rings. The van der Waals surface area contributed by atoms with Gasteiger partial charge in [0.1, 0.15) is 5.65 Å². The summed E-state index contributed by atoms with van der Waals surface area (Å²) in [4.78, 5) is 28.5. The Bertz CT molecular complexity index is 1170. The number of carbonyl (C=O) groups is 2. The number of pyridine rings is 1. The normalized spacial score (nSPS) is 19.3. The summed E-state index contributed by atoms with van der Waals surface area (Å²) in [5, 5.41) is 0.973. The number of carbonyl (C=O) groups excluding carboxylic acids is 2. The lowest BCUT2D eigenvalue weighted by Gasteiger charge is -2.28. The van der Waals surface area contributed by atoms with E-state index in [1.165, 1.54) is 10.5 Å². The molecule has 1 amide bonds. The number of likely N-dealkylation sites (tertiary alicyclic amines) is 1. The Labute approximate surface area is 206 Å². The van der Waals surface area contributed by atoms with Gasteiger partial charge < -0.3 is 14.4 Å². The molecule has 0 aliphatic carbocycles. The third kappa shape index (κ3) is 7.76. The predicted octanol–water partition coefficient (Wildman–Crippen LogP) is 3.66.